The molecule has 139 valence electrons. The summed E-state index contributed by atoms with van der Waals surface area (Å²) in [7, 11) is 3.73. The van der Waals surface area contributed by atoms with Gasteiger partial charge >= 0.3 is 0 Å². The first-order valence-corrected chi connectivity index (χ1v) is 11.0. The molecule has 1 saturated carbocycles. The van der Waals surface area contributed by atoms with Gasteiger partial charge in [-0.25, -0.2) is 0 Å². The van der Waals surface area contributed by atoms with Crippen molar-refractivity contribution in [2.45, 2.75) is 6.04 Å². The van der Waals surface area contributed by atoms with Gasteiger partial charge < -0.3 is 4.90 Å². The van der Waals surface area contributed by atoms with E-state index in [1.165, 1.54) is 27.7 Å². The van der Waals surface area contributed by atoms with E-state index in [0.29, 0.717) is 0 Å². The number of hydrogen-bond acceptors (Lipinski definition) is 1. The van der Waals surface area contributed by atoms with Crippen molar-refractivity contribution in [3.05, 3.63) is 127 Å². The van der Waals surface area contributed by atoms with Crippen LogP contribution in [0.25, 0.3) is 0 Å². The summed E-state index contributed by atoms with van der Waals surface area (Å²) in [4.78, 5) is 2.32. The molecule has 0 saturated heterocycles. The molecule has 5 radical (unpaired) electrons. The van der Waals surface area contributed by atoms with Crippen molar-refractivity contribution in [3.8, 4) is 0 Å². The molecule has 0 aromatic heterocycles. The van der Waals surface area contributed by atoms with Crippen molar-refractivity contribution < 1.29 is 0 Å². The Balaban J connectivity index is 1.75. The van der Waals surface area contributed by atoms with Crippen LogP contribution in [0.4, 0.5) is 0 Å². The molecule has 1 unspecified atom stereocenters. The van der Waals surface area contributed by atoms with E-state index in [9.17, 15) is 0 Å². The van der Waals surface area contributed by atoms with E-state index in [2.05, 4.69) is 129 Å². The maximum atomic E-state index is 2.32. The molecule has 4 rings (SSSR count). The van der Waals surface area contributed by atoms with Gasteiger partial charge in [0.1, 0.15) is 0 Å². The molecule has 0 bridgehead atoms. The molecular weight excluding hydrogens is 357 g/mol. The second kappa shape index (κ2) is 9.03. The summed E-state index contributed by atoms with van der Waals surface area (Å²) in [6.07, 6.45) is 6.83. The van der Waals surface area contributed by atoms with Crippen LogP contribution in [-0.4, -0.2) is 19.0 Å². The van der Waals surface area contributed by atoms with E-state index in [4.69, 9.17) is 0 Å². The van der Waals surface area contributed by atoms with Crippen molar-refractivity contribution in [2.75, 3.05) is 14.1 Å². The quantitative estimate of drug-likeness (QED) is 0.533. The number of hydrogen-bond donors (Lipinski definition) is 0. The lowest BCUT2D eigenvalue weighted by Gasteiger charge is -2.37. The van der Waals surface area contributed by atoms with Gasteiger partial charge in [0.05, 0.1) is 0 Å². The van der Waals surface area contributed by atoms with E-state index >= 15 is 0 Å². The van der Waals surface area contributed by atoms with Crippen LogP contribution in [0, 0.1) is 30.8 Å². The minimum Gasteiger partial charge on any atom is -0.302 e. The maximum Gasteiger partial charge on any atom is 0.0417 e. The molecule has 2 heteroatoms. The highest BCUT2D eigenvalue weighted by Crippen LogP contribution is 2.59. The molecule has 0 amide bonds. The SMILES string of the molecule is CN(C)C([C]1[CH][CH][CH][C]1P(c1ccccc1)c1ccccc1)c1ccccc1. The lowest BCUT2D eigenvalue weighted by molar-refractivity contribution is 0.319. The van der Waals surface area contributed by atoms with Crippen LogP contribution in [0.15, 0.2) is 91.0 Å². The van der Waals surface area contributed by atoms with Gasteiger partial charge in [-0.05, 0) is 57.5 Å². The van der Waals surface area contributed by atoms with Gasteiger partial charge in [-0.3, -0.25) is 0 Å². The molecular formula is C26H25NP. The fraction of sp³-hybridized carbons (Fsp3) is 0.115. The summed E-state index contributed by atoms with van der Waals surface area (Å²) in [6, 6.07) is 32.9. The standard InChI is InChI=1S/C26H25NP/c1-27(2)26(21-13-6-3-7-14-21)24-19-12-20-25(24)28(22-15-8-4-9-16-22)23-17-10-5-11-18-23/h3-20,26H,1-2H3. The Morgan fingerprint density at radius 1 is 0.643 bits per heavy atom. The van der Waals surface area contributed by atoms with Crippen LogP contribution in [-0.2, 0) is 0 Å². The largest absolute Gasteiger partial charge is 0.302 e. The van der Waals surface area contributed by atoms with Crippen LogP contribution in [0.2, 0.25) is 0 Å². The third kappa shape index (κ3) is 4.07. The van der Waals surface area contributed by atoms with Gasteiger partial charge in [0, 0.05) is 17.6 Å². The van der Waals surface area contributed by atoms with Crippen molar-refractivity contribution in [1.29, 1.82) is 0 Å². The molecule has 1 aliphatic rings. The van der Waals surface area contributed by atoms with Gasteiger partial charge in [0.2, 0.25) is 0 Å². The normalized spacial score (nSPS) is 16.7. The third-order valence-corrected chi connectivity index (χ3v) is 7.54. The average Bonchev–Trinajstić information content (AvgIpc) is 3.19. The number of rotatable bonds is 6. The van der Waals surface area contributed by atoms with Crippen LogP contribution in [0.3, 0.4) is 0 Å². The fourth-order valence-electron chi connectivity index (χ4n) is 3.83. The molecule has 3 aromatic rings. The highest BCUT2D eigenvalue weighted by Gasteiger charge is 2.42. The molecule has 0 heterocycles. The first-order valence-electron chi connectivity index (χ1n) is 9.63. The monoisotopic (exact) mass is 382 g/mol. The number of nitrogens with zero attached hydrogens (tertiary/aromatic N) is 1. The summed E-state index contributed by atoms with van der Waals surface area (Å²) in [5.41, 5.74) is 2.77. The molecule has 0 N–H and O–H groups in total. The molecule has 1 fully saturated rings. The highest BCUT2D eigenvalue weighted by atomic mass is 31.1. The van der Waals surface area contributed by atoms with Gasteiger partial charge in [-0.15, -0.1) is 0 Å². The van der Waals surface area contributed by atoms with Gasteiger partial charge in [-0.2, -0.15) is 0 Å². The van der Waals surface area contributed by atoms with E-state index in [1.54, 1.807) is 0 Å². The smallest absolute Gasteiger partial charge is 0.0417 e. The lowest BCUT2D eigenvalue weighted by Crippen LogP contribution is -2.29. The van der Waals surface area contributed by atoms with E-state index in [0.717, 1.165) is 0 Å². The van der Waals surface area contributed by atoms with E-state index in [-0.39, 0.29) is 6.04 Å². The molecule has 0 spiro atoms. The van der Waals surface area contributed by atoms with Gasteiger partial charge in [0.25, 0.3) is 0 Å². The highest BCUT2D eigenvalue weighted by molar-refractivity contribution is 7.76. The lowest BCUT2D eigenvalue weighted by atomic mass is 9.90. The molecule has 0 aliphatic heterocycles. The third-order valence-electron chi connectivity index (χ3n) is 5.02. The van der Waals surface area contributed by atoms with E-state index in [1.807, 2.05) is 0 Å². The van der Waals surface area contributed by atoms with Crippen molar-refractivity contribution in [1.82, 2.24) is 4.90 Å². The number of benzene rings is 3. The van der Waals surface area contributed by atoms with Crippen LogP contribution in [0.1, 0.15) is 11.6 Å². The van der Waals surface area contributed by atoms with Crippen molar-refractivity contribution >= 4 is 18.5 Å². The van der Waals surface area contributed by atoms with Gasteiger partial charge in [-0.1, -0.05) is 91.0 Å². The van der Waals surface area contributed by atoms with Crippen molar-refractivity contribution in [2.24, 2.45) is 0 Å². The second-order valence-electron chi connectivity index (χ2n) is 7.15. The van der Waals surface area contributed by atoms with Gasteiger partial charge in [0.15, 0.2) is 0 Å². The maximum absolute atomic E-state index is 2.32. The van der Waals surface area contributed by atoms with Crippen LogP contribution in [0.5, 0.6) is 0 Å². The summed E-state index contributed by atoms with van der Waals surface area (Å²) in [5, 5.41) is 2.78. The minimum absolute atomic E-state index is 0.239. The van der Waals surface area contributed by atoms with Crippen molar-refractivity contribution in [3.63, 3.8) is 0 Å². The molecule has 1 nitrogen and oxygen atoms in total. The van der Waals surface area contributed by atoms with Crippen LogP contribution >= 0.6 is 7.92 Å². The minimum atomic E-state index is -0.604. The molecule has 1 aliphatic carbocycles. The Morgan fingerprint density at radius 2 is 1.14 bits per heavy atom. The summed E-state index contributed by atoms with van der Waals surface area (Å²) in [6.45, 7) is 0. The topological polar surface area (TPSA) is 3.24 Å². The first-order chi connectivity index (χ1) is 13.8. The summed E-state index contributed by atoms with van der Waals surface area (Å²) >= 11 is 0. The zero-order valence-electron chi connectivity index (χ0n) is 16.4. The van der Waals surface area contributed by atoms with E-state index < -0.39 is 7.92 Å². The molecule has 3 aromatic carbocycles. The Hall–Kier alpha value is -1.95. The molecule has 1 atom stereocenters. The average molecular weight is 382 g/mol. The Morgan fingerprint density at radius 3 is 1.64 bits per heavy atom. The predicted octanol–water partition coefficient (Wildman–Crippen LogP) is 5.16. The zero-order chi connectivity index (χ0) is 19.3. The molecule has 28 heavy (non-hydrogen) atoms. The zero-order valence-corrected chi connectivity index (χ0v) is 17.3. The predicted molar refractivity (Wildman–Crippen MR) is 121 cm³/mol. The van der Waals surface area contributed by atoms with Crippen LogP contribution < -0.4 is 10.6 Å². The Labute approximate surface area is 171 Å². The Bertz CT molecular complexity index is 808. The second-order valence-corrected chi connectivity index (χ2v) is 9.34. The first kappa shape index (κ1) is 19.4. The summed E-state index contributed by atoms with van der Waals surface area (Å²) < 4.78 is 0. The summed E-state index contributed by atoms with van der Waals surface area (Å²) in [5.74, 6) is 1.40. The fourth-order valence-corrected chi connectivity index (χ4v) is 6.32. The Kier molecular flexibility index (Phi) is 6.25.